The number of hydrogen-bond acceptors (Lipinski definition) is 7. The molecule has 0 spiro atoms. The average molecular weight is 532 g/mol. The number of rotatable bonds is 16. The van der Waals surface area contributed by atoms with Crippen LogP contribution in [0.1, 0.15) is 65.0 Å². The van der Waals surface area contributed by atoms with Crippen molar-refractivity contribution in [2.24, 2.45) is 5.92 Å². The predicted molar refractivity (Wildman–Crippen MR) is 154 cm³/mol. The number of carbonyl (C=O) groups excluding carboxylic acids is 1. The van der Waals surface area contributed by atoms with Crippen LogP contribution in [-0.4, -0.2) is 57.3 Å². The first-order valence-electron chi connectivity index (χ1n) is 13.4. The lowest BCUT2D eigenvalue weighted by Crippen LogP contribution is -2.28. The highest BCUT2D eigenvalue weighted by Crippen LogP contribution is 2.30. The molecule has 1 aromatic rings. The fourth-order valence-corrected chi connectivity index (χ4v) is 4.60. The minimum absolute atomic E-state index is 0.0232. The van der Waals surface area contributed by atoms with Gasteiger partial charge in [0.05, 0.1) is 25.5 Å². The number of methoxy groups -OCH3 is 3. The first-order valence-corrected chi connectivity index (χ1v) is 13.4. The summed E-state index contributed by atoms with van der Waals surface area (Å²) in [5.74, 6) is 0.737. The fraction of sp³-hybridized carbons (Fsp3) is 0.581. The maximum absolute atomic E-state index is 11.9. The van der Waals surface area contributed by atoms with Crippen molar-refractivity contribution >= 4 is 11.7 Å². The van der Waals surface area contributed by atoms with Crippen molar-refractivity contribution in [3.8, 4) is 5.75 Å². The number of aliphatic hydroxyl groups excluding tert-OH is 1. The number of nitrogens with two attached hydrogens (primary N) is 1. The summed E-state index contributed by atoms with van der Waals surface area (Å²) in [5.41, 5.74) is 11.2. The van der Waals surface area contributed by atoms with Crippen molar-refractivity contribution in [3.63, 3.8) is 0 Å². The van der Waals surface area contributed by atoms with Crippen molar-refractivity contribution < 1.29 is 28.8 Å². The Bertz CT molecular complexity index is 981. The van der Waals surface area contributed by atoms with Crippen LogP contribution in [0.15, 0.2) is 47.1 Å². The summed E-state index contributed by atoms with van der Waals surface area (Å²) in [4.78, 5) is 11.9. The number of anilines is 1. The second-order valence-electron chi connectivity index (χ2n) is 9.98. The van der Waals surface area contributed by atoms with E-state index in [9.17, 15) is 9.90 Å². The van der Waals surface area contributed by atoms with Gasteiger partial charge < -0.3 is 29.8 Å². The van der Waals surface area contributed by atoms with Crippen molar-refractivity contribution in [1.82, 2.24) is 0 Å². The largest absolute Gasteiger partial charge is 0.494 e. The Hall–Kier alpha value is -2.61. The van der Waals surface area contributed by atoms with Crippen molar-refractivity contribution in [2.75, 3.05) is 33.7 Å². The molecule has 0 aliphatic carbocycles. The Morgan fingerprint density at radius 2 is 1.82 bits per heavy atom. The average Bonchev–Trinajstić information content (AvgIpc) is 2.86. The molecule has 3 N–H and O–H groups in total. The first kappa shape index (κ1) is 33.4. The van der Waals surface area contributed by atoms with Crippen LogP contribution >= 0.6 is 0 Å². The Morgan fingerprint density at radius 1 is 1.13 bits per heavy atom. The molecule has 4 unspecified atom stereocenters. The summed E-state index contributed by atoms with van der Waals surface area (Å²) in [7, 11) is 4.95. The van der Waals surface area contributed by atoms with E-state index in [2.05, 4.69) is 13.0 Å². The van der Waals surface area contributed by atoms with Crippen LogP contribution in [0.5, 0.6) is 5.75 Å². The molecule has 0 aliphatic rings. The summed E-state index contributed by atoms with van der Waals surface area (Å²) < 4.78 is 21.9. The number of carbonyl (C=O) groups is 1. The Labute approximate surface area is 229 Å². The molecule has 1 aromatic carbocycles. The highest BCUT2D eigenvalue weighted by molar-refractivity contribution is 5.88. The van der Waals surface area contributed by atoms with E-state index in [0.29, 0.717) is 30.2 Å². The van der Waals surface area contributed by atoms with Crippen molar-refractivity contribution in [2.45, 2.75) is 85.5 Å². The summed E-state index contributed by atoms with van der Waals surface area (Å²) in [6.07, 6.45) is 7.76. The number of aryl methyl sites for hydroxylation is 2. The van der Waals surface area contributed by atoms with Crippen molar-refractivity contribution in [3.05, 3.63) is 58.2 Å². The third-order valence-electron chi connectivity index (χ3n) is 6.78. The lowest BCUT2D eigenvalue weighted by molar-refractivity contribution is -0.138. The van der Waals surface area contributed by atoms with Crippen LogP contribution < -0.4 is 10.5 Å². The lowest BCUT2D eigenvalue weighted by Gasteiger charge is -2.24. The van der Waals surface area contributed by atoms with Crippen LogP contribution in [0.3, 0.4) is 0 Å². The molecule has 0 fully saturated rings. The highest BCUT2D eigenvalue weighted by atomic mass is 16.5. The van der Waals surface area contributed by atoms with Gasteiger partial charge >= 0.3 is 5.97 Å². The number of ether oxygens (including phenoxy) is 4. The van der Waals surface area contributed by atoms with Gasteiger partial charge in [0.15, 0.2) is 0 Å². The van der Waals surface area contributed by atoms with Gasteiger partial charge in [0, 0.05) is 19.8 Å². The van der Waals surface area contributed by atoms with Gasteiger partial charge in [-0.05, 0) is 95.1 Å². The SMILES string of the molecule is CCOC(=O)/C(C)=C/C(C)=C\C(OC)C(O)/C(C)=C/CC(OC)C(C)CCCc1cc(C)cc(N)c1OC. The molecule has 0 saturated heterocycles. The molecule has 0 aromatic heterocycles. The second kappa shape index (κ2) is 17.1. The molecule has 7 heteroatoms. The normalized spacial score (nSPS) is 16.1. The van der Waals surface area contributed by atoms with Crippen LogP contribution in [0.2, 0.25) is 0 Å². The molecule has 0 amide bonds. The van der Waals surface area contributed by atoms with Gasteiger partial charge in [0.2, 0.25) is 0 Å². The zero-order valence-electron chi connectivity index (χ0n) is 24.8. The van der Waals surface area contributed by atoms with E-state index < -0.39 is 12.2 Å². The van der Waals surface area contributed by atoms with E-state index in [1.54, 1.807) is 41.3 Å². The van der Waals surface area contributed by atoms with E-state index in [-0.39, 0.29) is 12.1 Å². The Kier molecular flexibility index (Phi) is 15.0. The molecule has 38 heavy (non-hydrogen) atoms. The van der Waals surface area contributed by atoms with Gasteiger partial charge in [-0.25, -0.2) is 4.79 Å². The zero-order valence-corrected chi connectivity index (χ0v) is 24.8. The van der Waals surface area contributed by atoms with Gasteiger partial charge in [-0.1, -0.05) is 30.7 Å². The molecular weight excluding hydrogens is 482 g/mol. The van der Waals surface area contributed by atoms with Gasteiger partial charge in [0.1, 0.15) is 18.0 Å². The van der Waals surface area contributed by atoms with Gasteiger partial charge in [-0.2, -0.15) is 0 Å². The minimum Gasteiger partial charge on any atom is -0.494 e. The molecule has 0 radical (unpaired) electrons. The molecule has 0 aliphatic heterocycles. The molecular formula is C31H49NO6. The number of esters is 1. The van der Waals surface area contributed by atoms with E-state index in [4.69, 9.17) is 24.7 Å². The number of hydrogen-bond donors (Lipinski definition) is 2. The highest BCUT2D eigenvalue weighted by Gasteiger charge is 2.21. The van der Waals surface area contributed by atoms with Crippen LogP contribution in [-0.2, 0) is 25.4 Å². The third-order valence-corrected chi connectivity index (χ3v) is 6.78. The van der Waals surface area contributed by atoms with Gasteiger partial charge in [-0.15, -0.1) is 0 Å². The number of allylic oxidation sites excluding steroid dienone is 2. The standard InChI is InChI=1S/C31H49NO6/c1-10-38-31(34)24(6)16-20(2)19-28(36-8)29(33)23(5)14-15-27(35-7)22(4)12-11-13-25-17-21(3)18-26(32)30(25)37-9/h14,16-19,22,27-29,33H,10-13,15,32H2,1-9H3/b20-19-,23-14+,24-16+. The van der Waals surface area contributed by atoms with Gasteiger partial charge in [-0.3, -0.25) is 0 Å². The lowest BCUT2D eigenvalue weighted by atomic mass is 9.92. The molecule has 4 atom stereocenters. The smallest absolute Gasteiger partial charge is 0.333 e. The topological polar surface area (TPSA) is 100 Å². The predicted octanol–water partition coefficient (Wildman–Crippen LogP) is 5.73. The number of aliphatic hydroxyl groups is 1. The summed E-state index contributed by atoms with van der Waals surface area (Å²) in [6.45, 7) is 11.8. The van der Waals surface area contributed by atoms with Gasteiger partial charge in [0.25, 0.3) is 0 Å². The molecule has 7 nitrogen and oxygen atoms in total. The zero-order chi connectivity index (χ0) is 28.8. The van der Waals surface area contributed by atoms with Crippen LogP contribution in [0.25, 0.3) is 0 Å². The maximum atomic E-state index is 11.9. The Balaban J connectivity index is 2.78. The van der Waals surface area contributed by atoms with Crippen LogP contribution in [0, 0.1) is 12.8 Å². The van der Waals surface area contributed by atoms with E-state index in [1.165, 1.54) is 0 Å². The second-order valence-corrected chi connectivity index (χ2v) is 9.98. The first-order chi connectivity index (χ1) is 18.0. The molecule has 0 bridgehead atoms. The Morgan fingerprint density at radius 3 is 2.39 bits per heavy atom. The third kappa shape index (κ3) is 10.6. The fourth-order valence-electron chi connectivity index (χ4n) is 4.60. The van der Waals surface area contributed by atoms with Crippen molar-refractivity contribution in [1.29, 1.82) is 0 Å². The maximum Gasteiger partial charge on any atom is 0.333 e. The number of benzene rings is 1. The van der Waals surface area contributed by atoms with E-state index >= 15 is 0 Å². The summed E-state index contributed by atoms with van der Waals surface area (Å²) in [5, 5.41) is 10.9. The molecule has 214 valence electrons. The quantitative estimate of drug-likeness (QED) is 0.0924. The van der Waals surface area contributed by atoms with E-state index in [1.807, 2.05) is 39.0 Å². The molecule has 0 saturated carbocycles. The summed E-state index contributed by atoms with van der Waals surface area (Å²) >= 11 is 0. The minimum atomic E-state index is -0.821. The molecule has 0 heterocycles. The molecule has 1 rings (SSSR count). The summed E-state index contributed by atoms with van der Waals surface area (Å²) in [6, 6.07) is 4.07. The monoisotopic (exact) mass is 531 g/mol. The van der Waals surface area contributed by atoms with Crippen LogP contribution in [0.4, 0.5) is 5.69 Å². The van der Waals surface area contributed by atoms with E-state index in [0.717, 1.165) is 47.3 Å². The number of nitrogen functional groups attached to an aromatic ring is 1.